The van der Waals surface area contributed by atoms with Crippen LogP contribution in [0.2, 0.25) is 5.02 Å². The van der Waals surface area contributed by atoms with Crippen molar-refractivity contribution < 1.29 is 9.53 Å². The number of benzene rings is 2. The summed E-state index contributed by atoms with van der Waals surface area (Å²) >= 11 is 6.46. The van der Waals surface area contributed by atoms with Gasteiger partial charge in [0.1, 0.15) is 5.75 Å². The van der Waals surface area contributed by atoms with Crippen molar-refractivity contribution >= 4 is 28.9 Å². The molecular formula is C21H23ClN2O2. The highest BCUT2D eigenvalue weighted by Crippen LogP contribution is 2.31. The van der Waals surface area contributed by atoms with Gasteiger partial charge in [0.2, 0.25) is 5.91 Å². The second kappa shape index (κ2) is 7.58. The first-order valence-electron chi connectivity index (χ1n) is 9.28. The smallest absolute Gasteiger partial charge is 0.228 e. The number of carbonyl (C=O) groups excluding carboxylic acids is 1. The summed E-state index contributed by atoms with van der Waals surface area (Å²) in [5.41, 5.74) is 3.99. The van der Waals surface area contributed by atoms with E-state index in [1.54, 1.807) is 0 Å². The number of halogens is 1. The average Bonchev–Trinajstić information content (AvgIpc) is 3.10. The molecule has 0 unspecified atom stereocenters. The molecule has 0 bridgehead atoms. The maximum atomic E-state index is 12.4. The van der Waals surface area contributed by atoms with E-state index in [4.69, 9.17) is 16.3 Å². The predicted octanol–water partition coefficient (Wildman–Crippen LogP) is 4.45. The van der Waals surface area contributed by atoms with Gasteiger partial charge in [-0.2, -0.15) is 0 Å². The number of piperidine rings is 1. The molecule has 0 atom stereocenters. The summed E-state index contributed by atoms with van der Waals surface area (Å²) in [6.07, 6.45) is 4.97. The van der Waals surface area contributed by atoms with Crippen molar-refractivity contribution in [2.24, 2.45) is 0 Å². The molecule has 5 heteroatoms. The van der Waals surface area contributed by atoms with Gasteiger partial charge in [-0.05, 0) is 54.7 Å². The first-order chi connectivity index (χ1) is 12.7. The first kappa shape index (κ1) is 17.2. The van der Waals surface area contributed by atoms with Crippen LogP contribution in [0.4, 0.5) is 11.4 Å². The molecule has 1 fully saturated rings. The van der Waals surface area contributed by atoms with Gasteiger partial charge in [0.15, 0.2) is 0 Å². The number of amides is 1. The van der Waals surface area contributed by atoms with Gasteiger partial charge >= 0.3 is 0 Å². The molecule has 1 N–H and O–H groups in total. The molecule has 2 aliphatic rings. The number of rotatable bonds is 4. The Morgan fingerprint density at radius 1 is 1.12 bits per heavy atom. The van der Waals surface area contributed by atoms with Crippen LogP contribution in [-0.4, -0.2) is 25.6 Å². The average molecular weight is 371 g/mol. The maximum absolute atomic E-state index is 12.4. The number of hydrogen-bond donors (Lipinski definition) is 1. The van der Waals surface area contributed by atoms with Crippen LogP contribution in [0.5, 0.6) is 5.75 Å². The van der Waals surface area contributed by atoms with Crippen molar-refractivity contribution in [3.05, 3.63) is 52.5 Å². The van der Waals surface area contributed by atoms with Gasteiger partial charge in [0, 0.05) is 25.2 Å². The molecule has 4 nitrogen and oxygen atoms in total. The summed E-state index contributed by atoms with van der Waals surface area (Å²) in [4.78, 5) is 14.7. The van der Waals surface area contributed by atoms with E-state index >= 15 is 0 Å². The van der Waals surface area contributed by atoms with Gasteiger partial charge in [0.25, 0.3) is 0 Å². The Balaban J connectivity index is 1.40. The number of nitrogens with one attached hydrogen (secondary N) is 1. The number of ether oxygens (including phenoxy) is 1. The molecule has 0 radical (unpaired) electrons. The van der Waals surface area contributed by atoms with Crippen LogP contribution in [-0.2, 0) is 17.6 Å². The van der Waals surface area contributed by atoms with Gasteiger partial charge in [-0.15, -0.1) is 0 Å². The molecule has 2 aromatic rings. The fraction of sp³-hybridized carbons (Fsp3) is 0.381. The lowest BCUT2D eigenvalue weighted by atomic mass is 10.1. The summed E-state index contributed by atoms with van der Waals surface area (Å²) in [6.45, 7) is 2.83. The zero-order valence-electron chi connectivity index (χ0n) is 14.8. The number of nitrogens with zero attached hydrogens (tertiary/aromatic N) is 1. The van der Waals surface area contributed by atoms with Crippen molar-refractivity contribution in [3.8, 4) is 5.75 Å². The fourth-order valence-electron chi connectivity index (χ4n) is 3.72. The minimum Gasteiger partial charge on any atom is -0.493 e. The highest BCUT2D eigenvalue weighted by molar-refractivity contribution is 6.33. The van der Waals surface area contributed by atoms with Crippen LogP contribution in [0, 0.1) is 0 Å². The summed E-state index contributed by atoms with van der Waals surface area (Å²) in [5.74, 6) is 0.903. The van der Waals surface area contributed by atoms with Gasteiger partial charge in [0.05, 0.1) is 23.7 Å². The molecule has 0 saturated carbocycles. The Morgan fingerprint density at radius 3 is 2.77 bits per heavy atom. The third-order valence-corrected chi connectivity index (χ3v) is 5.35. The van der Waals surface area contributed by atoms with Crippen LogP contribution in [0.25, 0.3) is 0 Å². The minimum atomic E-state index is -0.0364. The molecular weight excluding hydrogens is 348 g/mol. The fourth-order valence-corrected chi connectivity index (χ4v) is 4.02. The van der Waals surface area contributed by atoms with E-state index in [1.807, 2.05) is 30.3 Å². The summed E-state index contributed by atoms with van der Waals surface area (Å²) in [7, 11) is 0. The topological polar surface area (TPSA) is 41.6 Å². The molecule has 0 spiro atoms. The van der Waals surface area contributed by atoms with Gasteiger partial charge in [-0.3, -0.25) is 4.79 Å². The van der Waals surface area contributed by atoms with Crippen LogP contribution < -0.4 is 15.0 Å². The van der Waals surface area contributed by atoms with E-state index in [-0.39, 0.29) is 5.91 Å². The Hall–Kier alpha value is -2.20. The highest BCUT2D eigenvalue weighted by Gasteiger charge is 2.16. The van der Waals surface area contributed by atoms with Crippen molar-refractivity contribution in [1.29, 1.82) is 0 Å². The first-order valence-corrected chi connectivity index (χ1v) is 9.66. The van der Waals surface area contributed by atoms with Crippen molar-refractivity contribution in [2.75, 3.05) is 29.9 Å². The molecule has 136 valence electrons. The predicted molar refractivity (Wildman–Crippen MR) is 105 cm³/mol. The molecule has 0 aromatic heterocycles. The third-order valence-electron chi connectivity index (χ3n) is 5.05. The molecule has 26 heavy (non-hydrogen) atoms. The lowest BCUT2D eigenvalue weighted by Gasteiger charge is -2.29. The van der Waals surface area contributed by atoms with E-state index in [9.17, 15) is 4.79 Å². The SMILES string of the molecule is O=C(Cc1ccc2c(c1)CCO2)Nc1ccc(N2CCCCC2)c(Cl)c1. The number of hydrogen-bond acceptors (Lipinski definition) is 3. The second-order valence-electron chi connectivity index (χ2n) is 6.98. The molecule has 1 saturated heterocycles. The van der Waals surface area contributed by atoms with Gasteiger partial charge in [-0.25, -0.2) is 0 Å². The van der Waals surface area contributed by atoms with E-state index in [0.717, 1.165) is 48.8 Å². The van der Waals surface area contributed by atoms with E-state index in [0.29, 0.717) is 11.4 Å². The summed E-state index contributed by atoms with van der Waals surface area (Å²) < 4.78 is 5.51. The Labute approximate surface area is 159 Å². The Kier molecular flexibility index (Phi) is 5.02. The number of fused-ring (bicyclic) bond motifs is 1. The summed E-state index contributed by atoms with van der Waals surface area (Å²) in [5, 5.41) is 3.65. The van der Waals surface area contributed by atoms with Crippen LogP contribution >= 0.6 is 11.6 Å². The molecule has 2 aliphatic heterocycles. The quantitative estimate of drug-likeness (QED) is 0.864. The lowest BCUT2D eigenvalue weighted by molar-refractivity contribution is -0.115. The van der Waals surface area contributed by atoms with E-state index in [1.165, 1.54) is 24.8 Å². The lowest BCUT2D eigenvalue weighted by Crippen LogP contribution is -2.29. The molecule has 0 aliphatic carbocycles. The zero-order valence-corrected chi connectivity index (χ0v) is 15.5. The zero-order chi connectivity index (χ0) is 17.9. The van der Waals surface area contributed by atoms with Crippen LogP contribution in [0.1, 0.15) is 30.4 Å². The monoisotopic (exact) mass is 370 g/mol. The minimum absolute atomic E-state index is 0.0364. The van der Waals surface area contributed by atoms with Gasteiger partial charge < -0.3 is 15.0 Å². The van der Waals surface area contributed by atoms with Crippen molar-refractivity contribution in [1.82, 2.24) is 0 Å². The molecule has 1 amide bonds. The Bertz CT molecular complexity index is 816. The summed E-state index contributed by atoms with van der Waals surface area (Å²) in [6, 6.07) is 11.8. The largest absolute Gasteiger partial charge is 0.493 e. The molecule has 2 aromatic carbocycles. The number of carbonyl (C=O) groups is 1. The Morgan fingerprint density at radius 2 is 1.96 bits per heavy atom. The third kappa shape index (κ3) is 3.80. The maximum Gasteiger partial charge on any atom is 0.228 e. The van der Waals surface area contributed by atoms with Crippen LogP contribution in [0.15, 0.2) is 36.4 Å². The molecule has 4 rings (SSSR count). The van der Waals surface area contributed by atoms with E-state index < -0.39 is 0 Å². The van der Waals surface area contributed by atoms with Crippen molar-refractivity contribution in [3.63, 3.8) is 0 Å². The van der Waals surface area contributed by atoms with Gasteiger partial charge in [-0.1, -0.05) is 23.7 Å². The normalized spacial score (nSPS) is 16.1. The second-order valence-corrected chi connectivity index (χ2v) is 7.39. The van der Waals surface area contributed by atoms with Crippen LogP contribution in [0.3, 0.4) is 0 Å². The molecule has 2 heterocycles. The highest BCUT2D eigenvalue weighted by atomic mass is 35.5. The standard InChI is InChI=1S/C21H23ClN2O2/c22-18-14-17(5-6-19(18)24-9-2-1-3-10-24)23-21(25)13-15-4-7-20-16(12-15)8-11-26-20/h4-7,12,14H,1-3,8-11,13H2,(H,23,25). The van der Waals surface area contributed by atoms with Crippen molar-refractivity contribution in [2.45, 2.75) is 32.1 Å². The number of anilines is 2. The van der Waals surface area contributed by atoms with E-state index in [2.05, 4.69) is 16.3 Å².